The lowest BCUT2D eigenvalue weighted by Gasteiger charge is -2.13. The largest absolute Gasteiger partial charge is 0.508 e. The molecule has 1 unspecified atom stereocenters. The first-order valence-electron chi connectivity index (χ1n) is 6.02. The van der Waals surface area contributed by atoms with Gasteiger partial charge in [-0.2, -0.15) is 0 Å². The van der Waals surface area contributed by atoms with Crippen LogP contribution in [-0.4, -0.2) is 10.1 Å². The number of nitrogens with one attached hydrogen (secondary N) is 1. The van der Waals surface area contributed by atoms with E-state index in [0.717, 1.165) is 16.3 Å². The highest BCUT2D eigenvalue weighted by Crippen LogP contribution is 2.23. The lowest BCUT2D eigenvalue weighted by Crippen LogP contribution is -2.19. The number of aromatic nitrogens is 1. The Hall–Kier alpha value is -1.39. The second-order valence-electron chi connectivity index (χ2n) is 4.41. The molecule has 1 heterocycles. The van der Waals surface area contributed by atoms with Crippen LogP contribution in [0.5, 0.6) is 5.75 Å². The minimum Gasteiger partial charge on any atom is -0.508 e. The van der Waals surface area contributed by atoms with Crippen molar-refractivity contribution in [3.8, 4) is 5.75 Å². The minimum atomic E-state index is 0.189. The van der Waals surface area contributed by atoms with Crippen LogP contribution in [0.1, 0.15) is 34.1 Å². The van der Waals surface area contributed by atoms with E-state index in [-0.39, 0.29) is 6.04 Å². The van der Waals surface area contributed by atoms with Gasteiger partial charge < -0.3 is 10.4 Å². The van der Waals surface area contributed by atoms with Gasteiger partial charge in [0.05, 0.1) is 10.7 Å². The highest BCUT2D eigenvalue weighted by molar-refractivity contribution is 7.11. The molecule has 0 aliphatic carbocycles. The third kappa shape index (κ3) is 2.89. The fraction of sp³-hybridized carbons (Fsp3) is 0.357. The van der Waals surface area contributed by atoms with E-state index in [1.54, 1.807) is 17.4 Å². The molecule has 1 aromatic heterocycles. The Bertz CT molecular complexity index is 536. The summed E-state index contributed by atoms with van der Waals surface area (Å²) in [5.41, 5.74) is 2.02. The Labute approximate surface area is 112 Å². The molecule has 1 aromatic carbocycles. The van der Waals surface area contributed by atoms with E-state index in [1.165, 1.54) is 4.88 Å². The Morgan fingerprint density at radius 2 is 2.06 bits per heavy atom. The predicted molar refractivity (Wildman–Crippen MR) is 74.9 cm³/mol. The number of rotatable bonds is 4. The molecule has 2 aromatic rings. The zero-order valence-corrected chi connectivity index (χ0v) is 11.7. The highest BCUT2D eigenvalue weighted by Gasteiger charge is 2.13. The maximum atomic E-state index is 9.70. The van der Waals surface area contributed by atoms with Gasteiger partial charge in [-0.15, -0.1) is 11.3 Å². The summed E-state index contributed by atoms with van der Waals surface area (Å²) in [4.78, 5) is 5.79. The number of phenolic OH excluding ortho intramolecular Hbond substituents is 1. The van der Waals surface area contributed by atoms with Crippen molar-refractivity contribution in [2.75, 3.05) is 0 Å². The van der Waals surface area contributed by atoms with Crippen molar-refractivity contribution in [2.24, 2.45) is 0 Å². The molecule has 0 saturated carbocycles. The van der Waals surface area contributed by atoms with Gasteiger partial charge in [0.15, 0.2) is 0 Å². The smallest absolute Gasteiger partial charge is 0.120 e. The number of nitrogens with zero attached hydrogens (tertiary/aromatic N) is 1. The van der Waals surface area contributed by atoms with Crippen LogP contribution in [0, 0.1) is 13.8 Å². The second kappa shape index (κ2) is 5.50. The Morgan fingerprint density at radius 3 is 2.67 bits per heavy atom. The van der Waals surface area contributed by atoms with Crippen molar-refractivity contribution < 1.29 is 5.11 Å². The molecule has 1 atom stereocenters. The number of thiazole rings is 1. The van der Waals surface area contributed by atoms with Gasteiger partial charge in [0.2, 0.25) is 0 Å². The summed E-state index contributed by atoms with van der Waals surface area (Å²) in [7, 11) is 0. The average molecular weight is 262 g/mol. The molecule has 0 spiro atoms. The average Bonchev–Trinajstić information content (AvgIpc) is 2.67. The molecule has 3 nitrogen and oxygen atoms in total. The van der Waals surface area contributed by atoms with E-state index >= 15 is 0 Å². The molecule has 18 heavy (non-hydrogen) atoms. The lowest BCUT2D eigenvalue weighted by atomic mass is 10.1. The van der Waals surface area contributed by atoms with E-state index in [1.807, 2.05) is 25.1 Å². The monoisotopic (exact) mass is 262 g/mol. The maximum Gasteiger partial charge on any atom is 0.120 e. The SMILES string of the molecule is Cc1nc(C(C)NCc2ccccc2O)c(C)s1. The standard InChI is InChI=1S/C14H18N2OS/c1-9(14-10(2)18-11(3)16-14)15-8-12-6-4-5-7-13(12)17/h4-7,9,15,17H,8H2,1-3H3. The van der Waals surface area contributed by atoms with Gasteiger partial charge in [0.1, 0.15) is 5.75 Å². The summed E-state index contributed by atoms with van der Waals surface area (Å²) in [6.07, 6.45) is 0. The van der Waals surface area contributed by atoms with Gasteiger partial charge >= 0.3 is 0 Å². The van der Waals surface area contributed by atoms with E-state index < -0.39 is 0 Å². The van der Waals surface area contributed by atoms with Crippen LogP contribution in [0.3, 0.4) is 0 Å². The van der Waals surface area contributed by atoms with Gasteiger partial charge in [0.25, 0.3) is 0 Å². The van der Waals surface area contributed by atoms with Crippen molar-refractivity contribution >= 4 is 11.3 Å². The first kappa shape index (κ1) is 13.1. The van der Waals surface area contributed by atoms with Gasteiger partial charge in [0, 0.05) is 23.0 Å². The van der Waals surface area contributed by atoms with Gasteiger partial charge in [-0.05, 0) is 26.8 Å². The van der Waals surface area contributed by atoms with Crippen molar-refractivity contribution in [3.63, 3.8) is 0 Å². The fourth-order valence-electron chi connectivity index (χ4n) is 1.97. The summed E-state index contributed by atoms with van der Waals surface area (Å²) in [6.45, 7) is 6.86. The number of phenols is 1. The molecule has 4 heteroatoms. The normalized spacial score (nSPS) is 12.6. The summed E-state index contributed by atoms with van der Waals surface area (Å²) < 4.78 is 0. The fourth-order valence-corrected chi connectivity index (χ4v) is 2.88. The molecule has 0 saturated heterocycles. The Balaban J connectivity index is 2.03. The lowest BCUT2D eigenvalue weighted by molar-refractivity contribution is 0.459. The van der Waals surface area contributed by atoms with Crippen LogP contribution in [-0.2, 0) is 6.54 Å². The van der Waals surface area contributed by atoms with Crippen LogP contribution < -0.4 is 5.32 Å². The Kier molecular flexibility index (Phi) is 3.99. The molecule has 0 aliphatic rings. The number of para-hydroxylation sites is 1. The first-order valence-corrected chi connectivity index (χ1v) is 6.83. The van der Waals surface area contributed by atoms with Crippen molar-refractivity contribution in [1.29, 1.82) is 0 Å². The van der Waals surface area contributed by atoms with Crippen LogP contribution >= 0.6 is 11.3 Å². The van der Waals surface area contributed by atoms with Crippen LogP contribution in [0.25, 0.3) is 0 Å². The van der Waals surface area contributed by atoms with Crippen molar-refractivity contribution in [3.05, 3.63) is 45.4 Å². The number of aromatic hydroxyl groups is 1. The first-order chi connectivity index (χ1) is 8.58. The molecule has 96 valence electrons. The van der Waals surface area contributed by atoms with E-state index in [0.29, 0.717) is 12.3 Å². The molecular formula is C14H18N2OS. The van der Waals surface area contributed by atoms with Gasteiger partial charge in [-0.25, -0.2) is 4.98 Å². The molecule has 2 rings (SSSR count). The molecule has 0 radical (unpaired) electrons. The number of aryl methyl sites for hydroxylation is 2. The molecule has 0 bridgehead atoms. The van der Waals surface area contributed by atoms with Crippen LogP contribution in [0.2, 0.25) is 0 Å². The van der Waals surface area contributed by atoms with Crippen molar-refractivity contribution in [1.82, 2.24) is 10.3 Å². The minimum absolute atomic E-state index is 0.189. The molecule has 0 amide bonds. The molecular weight excluding hydrogens is 244 g/mol. The number of hydrogen-bond acceptors (Lipinski definition) is 4. The molecule has 2 N–H and O–H groups in total. The van der Waals surface area contributed by atoms with Crippen molar-refractivity contribution in [2.45, 2.75) is 33.4 Å². The summed E-state index contributed by atoms with van der Waals surface area (Å²) >= 11 is 1.72. The van der Waals surface area contributed by atoms with Crippen LogP contribution in [0.15, 0.2) is 24.3 Å². The third-order valence-electron chi connectivity index (χ3n) is 2.94. The van der Waals surface area contributed by atoms with Gasteiger partial charge in [-0.1, -0.05) is 18.2 Å². The zero-order valence-electron chi connectivity index (χ0n) is 10.9. The third-order valence-corrected chi connectivity index (χ3v) is 3.84. The van der Waals surface area contributed by atoms with E-state index in [4.69, 9.17) is 0 Å². The number of hydrogen-bond donors (Lipinski definition) is 2. The Morgan fingerprint density at radius 1 is 1.33 bits per heavy atom. The number of benzene rings is 1. The predicted octanol–water partition coefficient (Wildman–Crippen LogP) is 3.32. The molecule has 0 fully saturated rings. The summed E-state index contributed by atoms with van der Waals surface area (Å²) in [6, 6.07) is 7.58. The zero-order chi connectivity index (χ0) is 13.1. The topological polar surface area (TPSA) is 45.2 Å². The van der Waals surface area contributed by atoms with Gasteiger partial charge in [-0.3, -0.25) is 0 Å². The maximum absolute atomic E-state index is 9.70. The van der Waals surface area contributed by atoms with E-state index in [2.05, 4.69) is 24.1 Å². The quantitative estimate of drug-likeness (QED) is 0.888. The van der Waals surface area contributed by atoms with E-state index in [9.17, 15) is 5.11 Å². The molecule has 0 aliphatic heterocycles. The highest BCUT2D eigenvalue weighted by atomic mass is 32.1. The summed E-state index contributed by atoms with van der Waals surface area (Å²) in [5.74, 6) is 0.336. The van der Waals surface area contributed by atoms with Crippen LogP contribution in [0.4, 0.5) is 0 Å². The second-order valence-corrected chi connectivity index (χ2v) is 5.81. The summed E-state index contributed by atoms with van der Waals surface area (Å²) in [5, 5.41) is 14.2.